The number of nitro benzene ring substituents is 1. The molecular weight excluding hydrogens is 296 g/mol. The average molecular weight is 305 g/mol. The van der Waals surface area contributed by atoms with Gasteiger partial charge in [0.25, 0.3) is 5.69 Å². The van der Waals surface area contributed by atoms with Crippen LogP contribution in [0.1, 0.15) is 5.56 Å². The molecule has 7 heteroatoms. The quantitative estimate of drug-likeness (QED) is 0.550. The predicted octanol–water partition coefficient (Wildman–Crippen LogP) is 3.20. The van der Waals surface area contributed by atoms with Gasteiger partial charge in [-0.25, -0.2) is 4.79 Å². The van der Waals surface area contributed by atoms with Crippen LogP contribution in [0.3, 0.4) is 0 Å². The van der Waals surface area contributed by atoms with Crippen LogP contribution < -0.4 is 5.76 Å². The second-order valence-corrected chi connectivity index (χ2v) is 4.82. The third-order valence-corrected chi connectivity index (χ3v) is 3.53. The van der Waals surface area contributed by atoms with Gasteiger partial charge in [-0.05, 0) is 18.2 Å². The lowest BCUT2D eigenvalue weighted by Gasteiger charge is -2.06. The van der Waals surface area contributed by atoms with Crippen LogP contribution >= 0.6 is 11.6 Å². The predicted molar refractivity (Wildman–Crippen MR) is 77.7 cm³/mol. The lowest BCUT2D eigenvalue weighted by Crippen LogP contribution is -2.16. The van der Waals surface area contributed by atoms with Crippen molar-refractivity contribution in [1.29, 1.82) is 0 Å². The first-order valence-electron chi connectivity index (χ1n) is 6.08. The first-order chi connectivity index (χ1) is 10.1. The van der Waals surface area contributed by atoms with E-state index in [4.69, 9.17) is 16.0 Å². The van der Waals surface area contributed by atoms with Gasteiger partial charge in [0, 0.05) is 6.07 Å². The molecule has 21 heavy (non-hydrogen) atoms. The van der Waals surface area contributed by atoms with Gasteiger partial charge in [0.15, 0.2) is 5.58 Å². The zero-order valence-electron chi connectivity index (χ0n) is 10.7. The van der Waals surface area contributed by atoms with Gasteiger partial charge >= 0.3 is 5.76 Å². The Labute approximate surface area is 123 Å². The van der Waals surface area contributed by atoms with E-state index in [-0.39, 0.29) is 22.8 Å². The van der Waals surface area contributed by atoms with Crippen LogP contribution in [-0.4, -0.2) is 9.49 Å². The number of hydrogen-bond acceptors (Lipinski definition) is 4. The molecule has 0 fully saturated rings. The molecule has 0 aliphatic rings. The third kappa shape index (κ3) is 2.30. The second-order valence-electron chi connectivity index (χ2n) is 4.42. The summed E-state index contributed by atoms with van der Waals surface area (Å²) in [5.41, 5.74) is 1.14. The summed E-state index contributed by atoms with van der Waals surface area (Å²) < 4.78 is 6.43. The van der Waals surface area contributed by atoms with Gasteiger partial charge in [-0.2, -0.15) is 0 Å². The Balaban J connectivity index is 2.18. The molecule has 0 atom stereocenters. The van der Waals surface area contributed by atoms with E-state index >= 15 is 0 Å². The Bertz CT molecular complexity index is 897. The van der Waals surface area contributed by atoms with E-state index in [0.29, 0.717) is 11.1 Å². The van der Waals surface area contributed by atoms with Gasteiger partial charge in [0.05, 0.1) is 27.6 Å². The topological polar surface area (TPSA) is 78.3 Å². The van der Waals surface area contributed by atoms with Crippen LogP contribution in [0.15, 0.2) is 51.7 Å². The standard InChI is InChI=1S/C14H9ClN2O4/c15-10-4-3-6-11(17(19)20)9(10)8-16-12-5-1-2-7-13(12)21-14(16)18/h1-7H,8H2. The SMILES string of the molecule is O=c1oc2ccccc2n1Cc1c(Cl)cccc1[N+](=O)[O-]. The summed E-state index contributed by atoms with van der Waals surface area (Å²) in [7, 11) is 0. The molecule has 106 valence electrons. The van der Waals surface area contributed by atoms with Crippen LogP contribution in [0.4, 0.5) is 5.69 Å². The molecule has 2 aromatic carbocycles. The highest BCUT2D eigenvalue weighted by molar-refractivity contribution is 6.31. The number of benzene rings is 2. The maximum absolute atomic E-state index is 11.9. The van der Waals surface area contributed by atoms with Crippen molar-refractivity contribution in [1.82, 2.24) is 4.57 Å². The molecule has 0 amide bonds. The number of fused-ring (bicyclic) bond motifs is 1. The summed E-state index contributed by atoms with van der Waals surface area (Å²) in [5, 5.41) is 11.3. The van der Waals surface area contributed by atoms with Crippen LogP contribution in [0.5, 0.6) is 0 Å². The number of nitro groups is 1. The minimum Gasteiger partial charge on any atom is -0.408 e. The van der Waals surface area contributed by atoms with Crippen LogP contribution in [-0.2, 0) is 6.54 Å². The number of aromatic nitrogens is 1. The summed E-state index contributed by atoms with van der Waals surface area (Å²) in [5.74, 6) is -0.578. The van der Waals surface area contributed by atoms with E-state index < -0.39 is 10.7 Å². The lowest BCUT2D eigenvalue weighted by atomic mass is 10.1. The van der Waals surface area contributed by atoms with E-state index in [2.05, 4.69) is 0 Å². The molecule has 3 aromatic rings. The zero-order chi connectivity index (χ0) is 15.0. The molecule has 0 spiro atoms. The Morgan fingerprint density at radius 2 is 1.95 bits per heavy atom. The monoisotopic (exact) mass is 304 g/mol. The Morgan fingerprint density at radius 3 is 2.71 bits per heavy atom. The summed E-state index contributed by atoms with van der Waals surface area (Å²) in [6.45, 7) is -0.0220. The van der Waals surface area contributed by atoms with Crippen LogP contribution in [0, 0.1) is 10.1 Å². The van der Waals surface area contributed by atoms with Gasteiger partial charge in [-0.3, -0.25) is 14.7 Å². The molecule has 0 aliphatic heterocycles. The molecule has 0 unspecified atom stereocenters. The van der Waals surface area contributed by atoms with Crippen molar-refractivity contribution in [2.75, 3.05) is 0 Å². The van der Waals surface area contributed by atoms with Gasteiger partial charge in [-0.15, -0.1) is 0 Å². The fraction of sp³-hybridized carbons (Fsp3) is 0.0714. The van der Waals surface area contributed by atoms with E-state index in [1.165, 1.54) is 16.7 Å². The average Bonchev–Trinajstić information content (AvgIpc) is 2.77. The number of para-hydroxylation sites is 2. The van der Waals surface area contributed by atoms with E-state index in [9.17, 15) is 14.9 Å². The van der Waals surface area contributed by atoms with Crippen LogP contribution in [0.2, 0.25) is 5.02 Å². The molecule has 0 N–H and O–H groups in total. The number of hydrogen-bond donors (Lipinski definition) is 0. The fourth-order valence-electron chi connectivity index (χ4n) is 2.20. The van der Waals surface area contributed by atoms with E-state index in [0.717, 1.165) is 0 Å². The molecule has 0 aliphatic carbocycles. The summed E-state index contributed by atoms with van der Waals surface area (Å²) in [4.78, 5) is 22.5. The highest BCUT2D eigenvalue weighted by Gasteiger charge is 2.19. The van der Waals surface area contributed by atoms with Crippen molar-refractivity contribution in [3.8, 4) is 0 Å². The minimum atomic E-state index is -0.578. The number of rotatable bonds is 3. The fourth-order valence-corrected chi connectivity index (χ4v) is 2.43. The molecule has 0 saturated heterocycles. The Kier molecular flexibility index (Phi) is 3.23. The van der Waals surface area contributed by atoms with Crippen molar-refractivity contribution in [2.24, 2.45) is 0 Å². The molecule has 0 radical (unpaired) electrons. The van der Waals surface area contributed by atoms with Crippen molar-refractivity contribution >= 4 is 28.4 Å². The molecule has 3 rings (SSSR count). The van der Waals surface area contributed by atoms with E-state index in [1.54, 1.807) is 30.3 Å². The van der Waals surface area contributed by atoms with Crippen molar-refractivity contribution in [3.63, 3.8) is 0 Å². The van der Waals surface area contributed by atoms with Crippen molar-refractivity contribution < 1.29 is 9.34 Å². The zero-order valence-corrected chi connectivity index (χ0v) is 11.4. The number of halogens is 1. The summed E-state index contributed by atoms with van der Waals surface area (Å²) in [6.07, 6.45) is 0. The minimum absolute atomic E-state index is 0.0220. The first-order valence-corrected chi connectivity index (χ1v) is 6.46. The van der Waals surface area contributed by atoms with Gasteiger partial charge in [0.2, 0.25) is 0 Å². The smallest absolute Gasteiger partial charge is 0.408 e. The highest BCUT2D eigenvalue weighted by Crippen LogP contribution is 2.27. The Morgan fingerprint density at radius 1 is 1.19 bits per heavy atom. The van der Waals surface area contributed by atoms with Gasteiger partial charge in [0.1, 0.15) is 0 Å². The normalized spacial score (nSPS) is 10.9. The van der Waals surface area contributed by atoms with Gasteiger partial charge in [-0.1, -0.05) is 29.8 Å². The maximum atomic E-state index is 11.9. The van der Waals surface area contributed by atoms with Crippen molar-refractivity contribution in [3.05, 3.63) is 73.7 Å². The van der Waals surface area contributed by atoms with Crippen molar-refractivity contribution in [2.45, 2.75) is 6.54 Å². The Hall–Kier alpha value is -2.60. The summed E-state index contributed by atoms with van der Waals surface area (Å²) in [6, 6.07) is 11.3. The molecule has 1 aromatic heterocycles. The molecule has 0 saturated carbocycles. The molecule has 6 nitrogen and oxygen atoms in total. The summed E-state index contributed by atoms with van der Waals surface area (Å²) >= 11 is 6.04. The maximum Gasteiger partial charge on any atom is 0.420 e. The van der Waals surface area contributed by atoms with Crippen LogP contribution in [0.25, 0.3) is 11.1 Å². The second kappa shape index (κ2) is 5.06. The highest BCUT2D eigenvalue weighted by atomic mass is 35.5. The molecule has 0 bridgehead atoms. The van der Waals surface area contributed by atoms with E-state index in [1.807, 2.05) is 0 Å². The largest absolute Gasteiger partial charge is 0.420 e. The lowest BCUT2D eigenvalue weighted by molar-refractivity contribution is -0.385. The van der Waals surface area contributed by atoms with Gasteiger partial charge < -0.3 is 4.42 Å². The third-order valence-electron chi connectivity index (χ3n) is 3.18. The number of oxazole rings is 1. The first kappa shape index (κ1) is 13.4. The number of nitrogens with zero attached hydrogens (tertiary/aromatic N) is 2. The molecular formula is C14H9ClN2O4. The molecule has 1 heterocycles.